The van der Waals surface area contributed by atoms with Crippen LogP contribution in [0.4, 0.5) is 4.79 Å². The summed E-state index contributed by atoms with van der Waals surface area (Å²) >= 11 is 0. The molecule has 1 aliphatic heterocycles. The molecule has 0 bridgehead atoms. The Morgan fingerprint density at radius 1 is 1.29 bits per heavy atom. The lowest BCUT2D eigenvalue weighted by Gasteiger charge is -2.30. The van der Waals surface area contributed by atoms with Gasteiger partial charge >= 0.3 is 12.0 Å². The Balaban J connectivity index is 2.30. The maximum absolute atomic E-state index is 12.0. The van der Waals surface area contributed by atoms with Crippen LogP contribution in [-0.4, -0.2) is 65.2 Å². The van der Waals surface area contributed by atoms with Crippen molar-refractivity contribution in [3.05, 3.63) is 0 Å². The lowest BCUT2D eigenvalue weighted by Crippen LogP contribution is -2.45. The van der Waals surface area contributed by atoms with Crippen molar-refractivity contribution < 1.29 is 14.7 Å². The van der Waals surface area contributed by atoms with Crippen molar-refractivity contribution in [3.8, 4) is 0 Å². The van der Waals surface area contributed by atoms with Crippen molar-refractivity contribution in [1.82, 2.24) is 15.1 Å². The van der Waals surface area contributed by atoms with Crippen LogP contribution >= 0.6 is 0 Å². The Morgan fingerprint density at radius 2 is 1.90 bits per heavy atom. The molecule has 1 fully saturated rings. The standard InChI is InChI=1S/C15H29N3O3/c1-11(2)18(12(3)4)8-6-16-15(21)17-7-5-13(10-17)9-14(19)20/h11-13H,5-10H2,1-4H3,(H,16,21)(H,19,20). The van der Waals surface area contributed by atoms with Gasteiger partial charge in [0.15, 0.2) is 0 Å². The highest BCUT2D eigenvalue weighted by molar-refractivity contribution is 5.74. The molecule has 2 N–H and O–H groups in total. The third-order valence-electron chi connectivity index (χ3n) is 4.01. The van der Waals surface area contributed by atoms with E-state index in [0.29, 0.717) is 31.7 Å². The number of hydrogen-bond donors (Lipinski definition) is 2. The Kier molecular flexibility index (Phi) is 6.95. The zero-order valence-corrected chi connectivity index (χ0v) is 13.6. The maximum atomic E-state index is 12.0. The predicted molar refractivity (Wildman–Crippen MR) is 82.3 cm³/mol. The minimum atomic E-state index is -0.785. The van der Waals surface area contributed by atoms with Gasteiger partial charge in [0.05, 0.1) is 0 Å². The average molecular weight is 299 g/mol. The molecule has 0 aliphatic carbocycles. The van der Waals surface area contributed by atoms with E-state index in [4.69, 9.17) is 5.11 Å². The van der Waals surface area contributed by atoms with E-state index in [9.17, 15) is 9.59 Å². The summed E-state index contributed by atoms with van der Waals surface area (Å²) in [6, 6.07) is 0.831. The average Bonchev–Trinajstić information content (AvgIpc) is 2.80. The monoisotopic (exact) mass is 299 g/mol. The summed E-state index contributed by atoms with van der Waals surface area (Å²) in [5, 5.41) is 11.7. The number of carboxylic acids is 1. The number of nitrogens with zero attached hydrogens (tertiary/aromatic N) is 2. The molecule has 1 heterocycles. The van der Waals surface area contributed by atoms with E-state index < -0.39 is 5.97 Å². The van der Waals surface area contributed by atoms with Gasteiger partial charge in [0.1, 0.15) is 0 Å². The van der Waals surface area contributed by atoms with Crippen molar-refractivity contribution in [1.29, 1.82) is 0 Å². The summed E-state index contributed by atoms with van der Waals surface area (Å²) in [7, 11) is 0. The molecule has 122 valence electrons. The number of nitrogens with one attached hydrogen (secondary N) is 1. The van der Waals surface area contributed by atoms with Gasteiger partial charge in [-0.25, -0.2) is 4.79 Å². The van der Waals surface area contributed by atoms with E-state index in [1.54, 1.807) is 4.90 Å². The van der Waals surface area contributed by atoms with Gasteiger partial charge in [-0.15, -0.1) is 0 Å². The Bertz CT molecular complexity index is 350. The Hall–Kier alpha value is -1.30. The smallest absolute Gasteiger partial charge is 0.317 e. The number of hydrogen-bond acceptors (Lipinski definition) is 3. The molecule has 1 atom stereocenters. The van der Waals surface area contributed by atoms with Crippen LogP contribution in [0.3, 0.4) is 0 Å². The van der Waals surface area contributed by atoms with Crippen LogP contribution < -0.4 is 5.32 Å². The number of urea groups is 1. The molecule has 0 saturated carbocycles. The fraction of sp³-hybridized carbons (Fsp3) is 0.867. The van der Waals surface area contributed by atoms with Crippen molar-refractivity contribution >= 4 is 12.0 Å². The summed E-state index contributed by atoms with van der Waals surface area (Å²) in [5.74, 6) is -0.692. The molecule has 6 heteroatoms. The highest BCUT2D eigenvalue weighted by Crippen LogP contribution is 2.19. The van der Waals surface area contributed by atoms with Gasteiger partial charge in [-0.05, 0) is 40.0 Å². The van der Waals surface area contributed by atoms with Crippen molar-refractivity contribution in [2.24, 2.45) is 5.92 Å². The maximum Gasteiger partial charge on any atom is 0.317 e. The largest absolute Gasteiger partial charge is 0.481 e. The van der Waals surface area contributed by atoms with E-state index in [2.05, 4.69) is 37.9 Å². The van der Waals surface area contributed by atoms with Gasteiger partial charge in [-0.1, -0.05) is 0 Å². The van der Waals surface area contributed by atoms with E-state index in [-0.39, 0.29) is 18.4 Å². The third kappa shape index (κ3) is 5.91. The van der Waals surface area contributed by atoms with Crippen LogP contribution in [0.25, 0.3) is 0 Å². The number of carbonyl (C=O) groups is 2. The molecule has 0 aromatic rings. The summed E-state index contributed by atoms with van der Waals surface area (Å²) in [6.45, 7) is 11.3. The minimum absolute atomic E-state index is 0.0737. The van der Waals surface area contributed by atoms with Crippen LogP contribution in [0.15, 0.2) is 0 Å². The number of carbonyl (C=O) groups excluding carboxylic acids is 1. The van der Waals surface area contributed by atoms with Gasteiger partial charge in [0.2, 0.25) is 0 Å². The molecule has 21 heavy (non-hydrogen) atoms. The molecule has 0 aromatic heterocycles. The first-order chi connectivity index (χ1) is 9.81. The van der Waals surface area contributed by atoms with Gasteiger partial charge < -0.3 is 15.3 Å². The number of carboxylic acid groups (broad SMARTS) is 1. The lowest BCUT2D eigenvalue weighted by molar-refractivity contribution is -0.138. The summed E-state index contributed by atoms with van der Waals surface area (Å²) in [6.07, 6.45) is 0.933. The SMILES string of the molecule is CC(C)N(CCNC(=O)N1CCC(CC(=O)O)C1)C(C)C. The van der Waals surface area contributed by atoms with Crippen LogP contribution in [0.2, 0.25) is 0 Å². The number of aliphatic carboxylic acids is 1. The van der Waals surface area contributed by atoms with Crippen molar-refractivity contribution in [3.63, 3.8) is 0 Å². The minimum Gasteiger partial charge on any atom is -0.481 e. The first-order valence-corrected chi connectivity index (χ1v) is 7.81. The summed E-state index contributed by atoms with van der Waals surface area (Å²) < 4.78 is 0. The van der Waals surface area contributed by atoms with Crippen LogP contribution in [0.5, 0.6) is 0 Å². The van der Waals surface area contributed by atoms with Crippen molar-refractivity contribution in [2.45, 2.75) is 52.6 Å². The molecule has 0 radical (unpaired) electrons. The van der Waals surface area contributed by atoms with Gasteiger partial charge in [-0.3, -0.25) is 9.69 Å². The topological polar surface area (TPSA) is 72.9 Å². The normalized spacial score (nSPS) is 18.8. The highest BCUT2D eigenvalue weighted by atomic mass is 16.4. The Labute approximate surface area is 127 Å². The molecule has 2 amide bonds. The summed E-state index contributed by atoms with van der Waals surface area (Å²) in [5.41, 5.74) is 0. The molecular formula is C15H29N3O3. The van der Waals surface area contributed by atoms with Gasteiger partial charge in [0, 0.05) is 44.7 Å². The second-order valence-corrected chi connectivity index (χ2v) is 6.36. The molecule has 6 nitrogen and oxygen atoms in total. The molecule has 0 aromatic carbocycles. The summed E-state index contributed by atoms with van der Waals surface area (Å²) in [4.78, 5) is 26.8. The van der Waals surface area contributed by atoms with Crippen LogP contribution in [0.1, 0.15) is 40.5 Å². The highest BCUT2D eigenvalue weighted by Gasteiger charge is 2.27. The first kappa shape index (κ1) is 17.8. The fourth-order valence-electron chi connectivity index (χ4n) is 2.95. The fourth-order valence-corrected chi connectivity index (χ4v) is 2.95. The van der Waals surface area contributed by atoms with Gasteiger partial charge in [-0.2, -0.15) is 0 Å². The van der Waals surface area contributed by atoms with E-state index >= 15 is 0 Å². The molecule has 1 saturated heterocycles. The Morgan fingerprint density at radius 3 is 2.43 bits per heavy atom. The molecule has 1 unspecified atom stereocenters. The molecule has 0 spiro atoms. The second-order valence-electron chi connectivity index (χ2n) is 6.36. The zero-order chi connectivity index (χ0) is 16.0. The van der Waals surface area contributed by atoms with Gasteiger partial charge in [0.25, 0.3) is 0 Å². The van der Waals surface area contributed by atoms with E-state index in [0.717, 1.165) is 13.0 Å². The number of likely N-dealkylation sites (tertiary alicyclic amines) is 1. The molecule has 1 rings (SSSR count). The van der Waals surface area contributed by atoms with E-state index in [1.807, 2.05) is 0 Å². The number of amides is 2. The van der Waals surface area contributed by atoms with Crippen LogP contribution in [0, 0.1) is 5.92 Å². The molecule has 1 aliphatic rings. The molecular weight excluding hydrogens is 270 g/mol. The third-order valence-corrected chi connectivity index (χ3v) is 4.01. The second kappa shape index (κ2) is 8.22. The van der Waals surface area contributed by atoms with E-state index in [1.165, 1.54) is 0 Å². The first-order valence-electron chi connectivity index (χ1n) is 7.81. The lowest BCUT2D eigenvalue weighted by atomic mass is 10.1. The van der Waals surface area contributed by atoms with Crippen molar-refractivity contribution in [2.75, 3.05) is 26.2 Å². The zero-order valence-electron chi connectivity index (χ0n) is 13.6. The number of rotatable bonds is 7. The van der Waals surface area contributed by atoms with Crippen LogP contribution in [-0.2, 0) is 4.79 Å². The predicted octanol–water partition coefficient (Wildman–Crippen LogP) is 1.61. The quantitative estimate of drug-likeness (QED) is 0.749.